The highest BCUT2D eigenvalue weighted by molar-refractivity contribution is 14.1. The Morgan fingerprint density at radius 2 is 1.45 bits per heavy atom. The van der Waals surface area contributed by atoms with Gasteiger partial charge in [0.05, 0.1) is 34.2 Å². The topological polar surface area (TPSA) is 16.4 Å². The monoisotopic (exact) mass is 403 g/mol. The first-order chi connectivity index (χ1) is 10.8. The summed E-state index contributed by atoms with van der Waals surface area (Å²) in [6, 6.07) is 20.9. The van der Waals surface area contributed by atoms with E-state index in [9.17, 15) is 4.39 Å². The van der Waals surface area contributed by atoms with Crippen LogP contribution < -0.4 is 3.11 Å². The van der Waals surface area contributed by atoms with Gasteiger partial charge in [-0.05, 0) is 24.3 Å². The number of nitrogens with zero attached hydrogens (tertiary/aromatic N) is 1. The standard InChI is InChI=1S/C18H11FINO/c19-15-10-4-8-13-14-9-5-11-16(18(14)22-17(13)15)21(20)12-6-2-1-3-7-12/h1-11H. The van der Waals surface area contributed by atoms with Crippen LogP contribution in [0, 0.1) is 5.82 Å². The fraction of sp³-hybridized carbons (Fsp3) is 0. The Kier molecular flexibility index (Phi) is 3.26. The zero-order valence-electron chi connectivity index (χ0n) is 11.5. The molecule has 1 heterocycles. The van der Waals surface area contributed by atoms with Gasteiger partial charge in [-0.3, -0.25) is 3.11 Å². The third kappa shape index (κ3) is 2.06. The van der Waals surface area contributed by atoms with Crippen LogP contribution in [0.1, 0.15) is 0 Å². The molecule has 0 amide bonds. The third-order valence-electron chi connectivity index (χ3n) is 3.65. The summed E-state index contributed by atoms with van der Waals surface area (Å²) in [6.45, 7) is 0. The summed E-state index contributed by atoms with van der Waals surface area (Å²) in [5.74, 6) is -0.334. The summed E-state index contributed by atoms with van der Waals surface area (Å²) < 4.78 is 21.8. The Labute approximate surface area is 140 Å². The van der Waals surface area contributed by atoms with Crippen molar-refractivity contribution in [1.29, 1.82) is 0 Å². The molecule has 0 aliphatic heterocycles. The Hall–Kier alpha value is -2.08. The van der Waals surface area contributed by atoms with Crippen LogP contribution in [0.5, 0.6) is 0 Å². The van der Waals surface area contributed by atoms with E-state index in [1.165, 1.54) is 6.07 Å². The number of furan rings is 1. The smallest absolute Gasteiger partial charge is 0.171 e. The zero-order valence-corrected chi connectivity index (χ0v) is 13.6. The number of benzene rings is 3. The number of para-hydroxylation sites is 3. The van der Waals surface area contributed by atoms with Crippen LogP contribution in [0.2, 0.25) is 0 Å². The molecule has 0 aliphatic carbocycles. The Balaban J connectivity index is 1.99. The number of halogens is 2. The van der Waals surface area contributed by atoms with Crippen molar-refractivity contribution in [1.82, 2.24) is 0 Å². The predicted octanol–water partition coefficient (Wildman–Crippen LogP) is 6.21. The average Bonchev–Trinajstić information content (AvgIpc) is 2.95. The number of rotatable bonds is 2. The second-order valence-corrected chi connectivity index (χ2v) is 5.95. The van der Waals surface area contributed by atoms with Crippen LogP contribution >= 0.6 is 22.9 Å². The Morgan fingerprint density at radius 1 is 0.773 bits per heavy atom. The van der Waals surface area contributed by atoms with Crippen LogP contribution in [-0.2, 0) is 0 Å². The van der Waals surface area contributed by atoms with Gasteiger partial charge in [-0.2, -0.15) is 0 Å². The molecule has 0 bridgehead atoms. The van der Waals surface area contributed by atoms with Crippen LogP contribution in [0.3, 0.4) is 0 Å². The van der Waals surface area contributed by atoms with Gasteiger partial charge >= 0.3 is 0 Å². The van der Waals surface area contributed by atoms with Crippen LogP contribution in [-0.4, -0.2) is 0 Å². The lowest BCUT2D eigenvalue weighted by Gasteiger charge is -2.16. The van der Waals surface area contributed by atoms with Gasteiger partial charge in [0.1, 0.15) is 0 Å². The zero-order chi connectivity index (χ0) is 15.1. The van der Waals surface area contributed by atoms with E-state index in [2.05, 4.69) is 22.9 Å². The molecule has 0 aliphatic rings. The van der Waals surface area contributed by atoms with Crippen LogP contribution in [0.15, 0.2) is 71.1 Å². The molecule has 1 aromatic heterocycles. The summed E-state index contributed by atoms with van der Waals surface area (Å²) >= 11 is 2.23. The van der Waals surface area contributed by atoms with E-state index in [0.717, 1.165) is 22.1 Å². The van der Waals surface area contributed by atoms with E-state index in [0.29, 0.717) is 11.2 Å². The molecule has 0 spiro atoms. The van der Waals surface area contributed by atoms with Crippen molar-refractivity contribution >= 4 is 56.2 Å². The maximum atomic E-state index is 14.0. The second kappa shape index (κ2) is 5.28. The molecule has 0 unspecified atom stereocenters. The van der Waals surface area contributed by atoms with Gasteiger partial charge in [-0.25, -0.2) is 4.39 Å². The maximum Gasteiger partial charge on any atom is 0.171 e. The maximum absolute atomic E-state index is 14.0. The van der Waals surface area contributed by atoms with Crippen molar-refractivity contribution in [3.63, 3.8) is 0 Å². The van der Waals surface area contributed by atoms with Crippen LogP contribution in [0.4, 0.5) is 15.8 Å². The van der Waals surface area contributed by atoms with Gasteiger partial charge in [0.25, 0.3) is 0 Å². The van der Waals surface area contributed by atoms with Crippen molar-refractivity contribution in [2.75, 3.05) is 3.11 Å². The molecule has 2 nitrogen and oxygen atoms in total. The van der Waals surface area contributed by atoms with Crippen molar-refractivity contribution in [2.24, 2.45) is 0 Å². The summed E-state index contributed by atoms with van der Waals surface area (Å²) in [7, 11) is 0. The molecule has 0 atom stereocenters. The highest BCUT2D eigenvalue weighted by Gasteiger charge is 2.16. The normalized spacial score (nSPS) is 11.2. The average molecular weight is 403 g/mol. The molecule has 22 heavy (non-hydrogen) atoms. The van der Waals surface area contributed by atoms with E-state index in [-0.39, 0.29) is 5.82 Å². The van der Waals surface area contributed by atoms with E-state index >= 15 is 0 Å². The molecule has 0 radical (unpaired) electrons. The molecule has 0 saturated carbocycles. The minimum absolute atomic E-state index is 0.308. The molecule has 0 saturated heterocycles. The van der Waals surface area contributed by atoms with Gasteiger partial charge in [0.15, 0.2) is 17.0 Å². The van der Waals surface area contributed by atoms with Crippen molar-refractivity contribution in [3.8, 4) is 0 Å². The molecule has 4 aromatic rings. The van der Waals surface area contributed by atoms with Gasteiger partial charge in [0.2, 0.25) is 0 Å². The SMILES string of the molecule is Fc1cccc2c1oc1c(N(I)c3ccccc3)cccc12. The van der Waals surface area contributed by atoms with E-state index in [1.54, 1.807) is 6.07 Å². The van der Waals surface area contributed by atoms with Crippen LogP contribution in [0.25, 0.3) is 21.9 Å². The highest BCUT2D eigenvalue weighted by Crippen LogP contribution is 2.39. The van der Waals surface area contributed by atoms with E-state index in [4.69, 9.17) is 4.42 Å². The molecule has 4 rings (SSSR count). The number of fused-ring (bicyclic) bond motifs is 3. The summed E-state index contributed by atoms with van der Waals surface area (Å²) in [5.41, 5.74) is 2.94. The second-order valence-electron chi connectivity index (χ2n) is 4.99. The first-order valence-electron chi connectivity index (χ1n) is 6.86. The Bertz CT molecular complexity index is 965. The molecular weight excluding hydrogens is 392 g/mol. The lowest BCUT2D eigenvalue weighted by Crippen LogP contribution is -2.00. The number of hydrogen-bond donors (Lipinski definition) is 0. The predicted molar refractivity (Wildman–Crippen MR) is 96.3 cm³/mol. The fourth-order valence-corrected chi connectivity index (χ4v) is 3.32. The van der Waals surface area contributed by atoms with Gasteiger partial charge in [-0.15, -0.1) is 0 Å². The van der Waals surface area contributed by atoms with Gasteiger partial charge < -0.3 is 4.42 Å². The summed E-state index contributed by atoms with van der Waals surface area (Å²) in [6.07, 6.45) is 0. The molecular formula is C18H11FINO. The fourth-order valence-electron chi connectivity index (χ4n) is 2.62. The lowest BCUT2D eigenvalue weighted by molar-refractivity contribution is 0.584. The largest absolute Gasteiger partial charge is 0.451 e. The molecule has 0 fully saturated rings. The first-order valence-corrected chi connectivity index (χ1v) is 7.83. The third-order valence-corrected chi connectivity index (χ3v) is 4.73. The number of hydrogen-bond acceptors (Lipinski definition) is 2. The minimum Gasteiger partial charge on any atom is -0.451 e. The van der Waals surface area contributed by atoms with Gasteiger partial charge in [-0.1, -0.05) is 42.5 Å². The number of anilines is 2. The summed E-state index contributed by atoms with van der Waals surface area (Å²) in [5, 5.41) is 1.72. The minimum atomic E-state index is -0.334. The molecule has 0 N–H and O–H groups in total. The molecule has 108 valence electrons. The van der Waals surface area contributed by atoms with Crippen molar-refractivity contribution < 1.29 is 8.81 Å². The summed E-state index contributed by atoms with van der Waals surface area (Å²) in [4.78, 5) is 0. The molecule has 4 heteroatoms. The quantitative estimate of drug-likeness (QED) is 0.292. The Morgan fingerprint density at radius 3 is 2.23 bits per heavy atom. The first kappa shape index (κ1) is 13.6. The van der Waals surface area contributed by atoms with E-state index in [1.807, 2.05) is 57.7 Å². The highest BCUT2D eigenvalue weighted by atomic mass is 127. The lowest BCUT2D eigenvalue weighted by atomic mass is 10.1. The molecule has 3 aromatic carbocycles. The van der Waals surface area contributed by atoms with E-state index < -0.39 is 0 Å². The van der Waals surface area contributed by atoms with Crippen molar-refractivity contribution in [3.05, 3.63) is 72.5 Å². The van der Waals surface area contributed by atoms with Gasteiger partial charge in [0, 0.05) is 10.8 Å². The van der Waals surface area contributed by atoms with Crippen molar-refractivity contribution in [2.45, 2.75) is 0 Å².